The molecule has 0 aromatic carbocycles. The second-order valence-corrected chi connectivity index (χ2v) is 4.09. The van der Waals surface area contributed by atoms with E-state index in [-0.39, 0.29) is 0 Å². The first-order valence-electron chi connectivity index (χ1n) is 5.57. The second kappa shape index (κ2) is 4.99. The summed E-state index contributed by atoms with van der Waals surface area (Å²) in [4.78, 5) is 4.07. The highest BCUT2D eigenvalue weighted by molar-refractivity contribution is 4.91. The highest BCUT2D eigenvalue weighted by Crippen LogP contribution is 2.18. The molecule has 76 valence electrons. The van der Waals surface area contributed by atoms with Gasteiger partial charge in [-0.2, -0.15) is 0 Å². The molecule has 0 saturated carbocycles. The van der Waals surface area contributed by atoms with Crippen molar-refractivity contribution in [3.63, 3.8) is 0 Å². The van der Waals surface area contributed by atoms with E-state index in [1.54, 1.807) is 0 Å². The van der Waals surface area contributed by atoms with Crippen LogP contribution in [0.5, 0.6) is 0 Å². The van der Waals surface area contributed by atoms with Crippen molar-refractivity contribution in [1.82, 2.24) is 9.55 Å². The summed E-state index contributed by atoms with van der Waals surface area (Å²) >= 11 is 0. The Labute approximate surface area is 85.7 Å². The molecule has 2 heteroatoms. The van der Waals surface area contributed by atoms with Gasteiger partial charge in [0.2, 0.25) is 0 Å². The van der Waals surface area contributed by atoms with Gasteiger partial charge in [-0.25, -0.2) is 4.98 Å². The number of hydrogen-bond acceptors (Lipinski definition) is 1. The van der Waals surface area contributed by atoms with E-state index in [4.69, 9.17) is 0 Å². The zero-order valence-corrected chi connectivity index (χ0v) is 8.60. The summed E-state index contributed by atoms with van der Waals surface area (Å²) in [6.45, 7) is 1.09. The van der Waals surface area contributed by atoms with Gasteiger partial charge in [-0.3, -0.25) is 0 Å². The van der Waals surface area contributed by atoms with Gasteiger partial charge >= 0.3 is 0 Å². The van der Waals surface area contributed by atoms with Crippen LogP contribution >= 0.6 is 0 Å². The predicted molar refractivity (Wildman–Crippen MR) is 57.9 cm³/mol. The zero-order valence-electron chi connectivity index (χ0n) is 8.60. The molecule has 0 spiro atoms. The summed E-state index contributed by atoms with van der Waals surface area (Å²) in [5.41, 5.74) is 0. The molecular weight excluding hydrogens is 172 g/mol. The molecule has 0 N–H and O–H groups in total. The molecule has 1 aromatic heterocycles. The van der Waals surface area contributed by atoms with Gasteiger partial charge in [-0.15, -0.1) is 0 Å². The molecule has 1 aromatic rings. The van der Waals surface area contributed by atoms with E-state index >= 15 is 0 Å². The summed E-state index contributed by atoms with van der Waals surface area (Å²) in [5.74, 6) is 0.712. The fraction of sp³-hybridized carbons (Fsp3) is 0.583. The molecule has 2 nitrogen and oxygen atoms in total. The van der Waals surface area contributed by atoms with Crippen LogP contribution in [0.1, 0.15) is 32.1 Å². The predicted octanol–water partition coefficient (Wildman–Crippen LogP) is 3.02. The smallest absolute Gasteiger partial charge is 0.0946 e. The quantitative estimate of drug-likeness (QED) is 0.655. The maximum Gasteiger partial charge on any atom is 0.0946 e. The normalized spacial score (nSPS) is 25.3. The Morgan fingerprint density at radius 3 is 3.14 bits per heavy atom. The molecule has 0 saturated heterocycles. The number of imidazole rings is 1. The van der Waals surface area contributed by atoms with Gasteiger partial charge in [0, 0.05) is 18.9 Å². The van der Waals surface area contributed by atoms with E-state index in [9.17, 15) is 0 Å². The Morgan fingerprint density at radius 2 is 2.29 bits per heavy atom. The number of aromatic nitrogens is 2. The number of rotatable bonds is 2. The average molecular weight is 190 g/mol. The molecule has 1 atom stereocenters. The third-order valence-corrected chi connectivity index (χ3v) is 2.86. The Hall–Kier alpha value is -1.05. The monoisotopic (exact) mass is 190 g/mol. The molecule has 1 aliphatic rings. The van der Waals surface area contributed by atoms with Crippen LogP contribution in [0, 0.1) is 5.92 Å². The first-order chi connectivity index (χ1) is 6.95. The lowest BCUT2D eigenvalue weighted by Gasteiger charge is -2.15. The maximum atomic E-state index is 4.07. The Morgan fingerprint density at radius 1 is 1.29 bits per heavy atom. The lowest BCUT2D eigenvalue weighted by atomic mass is 9.96. The third-order valence-electron chi connectivity index (χ3n) is 2.86. The highest BCUT2D eigenvalue weighted by atomic mass is 15.0. The maximum absolute atomic E-state index is 4.07. The minimum Gasteiger partial charge on any atom is -0.337 e. The fourth-order valence-electron chi connectivity index (χ4n) is 2.05. The summed E-state index contributed by atoms with van der Waals surface area (Å²) in [6, 6.07) is 0. The summed E-state index contributed by atoms with van der Waals surface area (Å²) in [7, 11) is 0. The average Bonchev–Trinajstić information content (AvgIpc) is 2.62. The molecular formula is C12H18N2. The minimum atomic E-state index is 0.712. The standard InChI is InChI=1S/C12H18N2/c1-2-4-6-12(7-5-3-1)10-14-9-8-13-11-14/h4,6,8-9,11-12H,1-3,5,7,10H2/b6-4-. The van der Waals surface area contributed by atoms with E-state index in [1.807, 2.05) is 18.7 Å². The van der Waals surface area contributed by atoms with Crippen molar-refractivity contribution in [2.75, 3.05) is 0 Å². The lowest BCUT2D eigenvalue weighted by Crippen LogP contribution is -2.08. The number of allylic oxidation sites excluding steroid dienone is 2. The number of nitrogens with zero attached hydrogens (tertiary/aromatic N) is 2. The summed E-state index contributed by atoms with van der Waals surface area (Å²) in [6.07, 6.45) is 17.3. The molecule has 1 unspecified atom stereocenters. The van der Waals surface area contributed by atoms with Crippen molar-refractivity contribution in [3.05, 3.63) is 30.9 Å². The van der Waals surface area contributed by atoms with E-state index < -0.39 is 0 Å². The van der Waals surface area contributed by atoms with Crippen LogP contribution in [0.2, 0.25) is 0 Å². The van der Waals surface area contributed by atoms with Crippen LogP contribution in [-0.4, -0.2) is 9.55 Å². The Balaban J connectivity index is 1.92. The van der Waals surface area contributed by atoms with E-state index in [0.29, 0.717) is 5.92 Å². The van der Waals surface area contributed by atoms with Crippen LogP contribution in [0.25, 0.3) is 0 Å². The SMILES string of the molecule is C1=C\C(Cn2ccnc2)CCCCC/1. The third kappa shape index (κ3) is 2.72. The van der Waals surface area contributed by atoms with E-state index in [1.165, 1.54) is 32.1 Å². The highest BCUT2D eigenvalue weighted by Gasteiger charge is 2.07. The largest absolute Gasteiger partial charge is 0.337 e. The molecule has 0 amide bonds. The first-order valence-corrected chi connectivity index (χ1v) is 5.57. The van der Waals surface area contributed by atoms with Gasteiger partial charge in [0.1, 0.15) is 0 Å². The van der Waals surface area contributed by atoms with E-state index in [0.717, 1.165) is 6.54 Å². The molecule has 0 aliphatic heterocycles. The van der Waals surface area contributed by atoms with Gasteiger partial charge in [-0.05, 0) is 25.2 Å². The summed E-state index contributed by atoms with van der Waals surface area (Å²) in [5, 5.41) is 0. The number of hydrogen-bond donors (Lipinski definition) is 0. The lowest BCUT2D eigenvalue weighted by molar-refractivity contribution is 0.458. The fourth-order valence-corrected chi connectivity index (χ4v) is 2.05. The van der Waals surface area contributed by atoms with Gasteiger partial charge in [0.25, 0.3) is 0 Å². The van der Waals surface area contributed by atoms with Gasteiger partial charge in [0.15, 0.2) is 0 Å². The zero-order chi connectivity index (χ0) is 9.64. The van der Waals surface area contributed by atoms with Crippen molar-refractivity contribution < 1.29 is 0 Å². The first kappa shape index (κ1) is 9.50. The van der Waals surface area contributed by atoms with Gasteiger partial charge < -0.3 is 4.57 Å². The molecule has 14 heavy (non-hydrogen) atoms. The van der Waals surface area contributed by atoms with Crippen molar-refractivity contribution in [2.24, 2.45) is 5.92 Å². The molecule has 2 rings (SSSR count). The molecule has 0 bridgehead atoms. The van der Waals surface area contributed by atoms with Gasteiger partial charge in [-0.1, -0.05) is 25.0 Å². The van der Waals surface area contributed by atoms with Gasteiger partial charge in [0.05, 0.1) is 6.33 Å². The molecule has 1 aliphatic carbocycles. The summed E-state index contributed by atoms with van der Waals surface area (Å²) < 4.78 is 2.18. The molecule has 0 fully saturated rings. The van der Waals surface area contributed by atoms with Crippen LogP contribution in [0.4, 0.5) is 0 Å². The Kier molecular flexibility index (Phi) is 3.39. The van der Waals surface area contributed by atoms with Crippen LogP contribution < -0.4 is 0 Å². The minimum absolute atomic E-state index is 0.712. The van der Waals surface area contributed by atoms with Crippen LogP contribution in [0.3, 0.4) is 0 Å². The van der Waals surface area contributed by atoms with E-state index in [2.05, 4.69) is 21.7 Å². The van der Waals surface area contributed by atoms with Crippen molar-refractivity contribution in [1.29, 1.82) is 0 Å². The van der Waals surface area contributed by atoms with Crippen molar-refractivity contribution >= 4 is 0 Å². The molecule has 1 heterocycles. The van der Waals surface area contributed by atoms with Crippen molar-refractivity contribution in [3.8, 4) is 0 Å². The topological polar surface area (TPSA) is 17.8 Å². The molecule has 0 radical (unpaired) electrons. The van der Waals surface area contributed by atoms with Crippen LogP contribution in [0.15, 0.2) is 30.9 Å². The second-order valence-electron chi connectivity index (χ2n) is 4.09. The Bertz CT molecular complexity index is 275. The van der Waals surface area contributed by atoms with Crippen molar-refractivity contribution in [2.45, 2.75) is 38.6 Å². The van der Waals surface area contributed by atoms with Crippen LogP contribution in [-0.2, 0) is 6.54 Å².